The SMILES string of the molecule is N#Cc1cccc(CSc2cc(C#N)ccn2)c1. The Morgan fingerprint density at radius 2 is 1.83 bits per heavy atom. The first-order valence-electron chi connectivity index (χ1n) is 5.30. The monoisotopic (exact) mass is 251 g/mol. The lowest BCUT2D eigenvalue weighted by atomic mass is 10.2. The van der Waals surface area contributed by atoms with Crippen molar-refractivity contribution in [2.75, 3.05) is 0 Å². The maximum absolute atomic E-state index is 8.81. The van der Waals surface area contributed by atoms with Crippen LogP contribution in [0.5, 0.6) is 0 Å². The highest BCUT2D eigenvalue weighted by atomic mass is 32.2. The van der Waals surface area contributed by atoms with Gasteiger partial charge in [0.1, 0.15) is 0 Å². The average molecular weight is 251 g/mol. The molecule has 2 aromatic rings. The number of aromatic nitrogens is 1. The van der Waals surface area contributed by atoms with Crippen LogP contribution < -0.4 is 0 Å². The third kappa shape index (κ3) is 3.10. The Bertz CT molecular complexity index is 580. The molecule has 0 aliphatic carbocycles. The third-order valence-corrected chi connectivity index (χ3v) is 3.30. The normalized spacial score (nSPS) is 9.44. The molecule has 18 heavy (non-hydrogen) atoms. The second-order valence-electron chi connectivity index (χ2n) is 3.60. The topological polar surface area (TPSA) is 60.5 Å². The van der Waals surface area contributed by atoms with Gasteiger partial charge in [-0.1, -0.05) is 12.1 Å². The molecule has 1 aromatic heterocycles. The zero-order valence-corrected chi connectivity index (χ0v) is 10.3. The van der Waals surface area contributed by atoms with Gasteiger partial charge in [-0.25, -0.2) is 4.98 Å². The van der Waals surface area contributed by atoms with Crippen LogP contribution in [0.2, 0.25) is 0 Å². The first-order chi connectivity index (χ1) is 8.81. The smallest absolute Gasteiger partial charge is 0.0993 e. The first kappa shape index (κ1) is 12.2. The van der Waals surface area contributed by atoms with E-state index in [0.29, 0.717) is 11.1 Å². The van der Waals surface area contributed by atoms with Gasteiger partial charge in [0, 0.05) is 11.9 Å². The summed E-state index contributed by atoms with van der Waals surface area (Å²) in [6, 6.07) is 15.1. The minimum atomic E-state index is 0.610. The highest BCUT2D eigenvalue weighted by Crippen LogP contribution is 2.21. The molecule has 0 aliphatic heterocycles. The Kier molecular flexibility index (Phi) is 3.96. The van der Waals surface area contributed by atoms with E-state index in [1.165, 1.54) is 0 Å². The first-order valence-corrected chi connectivity index (χ1v) is 6.28. The number of benzene rings is 1. The fourth-order valence-corrected chi connectivity index (χ4v) is 2.29. The molecule has 0 amide bonds. The number of hydrogen-bond acceptors (Lipinski definition) is 4. The summed E-state index contributed by atoms with van der Waals surface area (Å²) >= 11 is 1.55. The fraction of sp³-hybridized carbons (Fsp3) is 0.0714. The van der Waals surface area contributed by atoms with Gasteiger partial charge in [-0.15, -0.1) is 11.8 Å². The van der Waals surface area contributed by atoms with Crippen LogP contribution in [0.25, 0.3) is 0 Å². The summed E-state index contributed by atoms with van der Waals surface area (Å²) < 4.78 is 0. The molecule has 3 nitrogen and oxygen atoms in total. The van der Waals surface area contributed by atoms with Gasteiger partial charge in [0.15, 0.2) is 0 Å². The van der Waals surface area contributed by atoms with E-state index in [2.05, 4.69) is 17.1 Å². The van der Waals surface area contributed by atoms with E-state index in [0.717, 1.165) is 16.3 Å². The minimum Gasteiger partial charge on any atom is -0.250 e. The standard InChI is InChI=1S/C14H9N3S/c15-8-11-2-1-3-13(6-11)10-18-14-7-12(9-16)4-5-17-14/h1-7H,10H2. The summed E-state index contributed by atoms with van der Waals surface area (Å²) in [6.07, 6.45) is 1.63. The van der Waals surface area contributed by atoms with Gasteiger partial charge in [0.2, 0.25) is 0 Å². The molecule has 2 rings (SSSR count). The molecule has 1 aromatic carbocycles. The molecular formula is C14H9N3S. The summed E-state index contributed by atoms with van der Waals surface area (Å²) in [5, 5.41) is 18.4. The van der Waals surface area contributed by atoms with Gasteiger partial charge >= 0.3 is 0 Å². The van der Waals surface area contributed by atoms with Crippen LogP contribution in [0, 0.1) is 22.7 Å². The number of nitriles is 2. The zero-order valence-electron chi connectivity index (χ0n) is 9.50. The highest BCUT2D eigenvalue weighted by molar-refractivity contribution is 7.98. The molecule has 0 saturated carbocycles. The van der Waals surface area contributed by atoms with Crippen molar-refractivity contribution in [3.8, 4) is 12.1 Å². The molecule has 0 bridgehead atoms. The predicted molar refractivity (Wildman–Crippen MR) is 69.7 cm³/mol. The highest BCUT2D eigenvalue weighted by Gasteiger charge is 2.00. The van der Waals surface area contributed by atoms with E-state index in [4.69, 9.17) is 10.5 Å². The maximum atomic E-state index is 8.81. The van der Waals surface area contributed by atoms with E-state index in [-0.39, 0.29) is 0 Å². The van der Waals surface area contributed by atoms with E-state index in [9.17, 15) is 0 Å². The second kappa shape index (κ2) is 5.86. The van der Waals surface area contributed by atoms with Crippen molar-refractivity contribution in [1.29, 1.82) is 10.5 Å². The molecule has 0 aliphatic rings. The Balaban J connectivity index is 2.07. The fourth-order valence-electron chi connectivity index (χ4n) is 1.45. The molecule has 86 valence electrons. The lowest BCUT2D eigenvalue weighted by Crippen LogP contribution is -1.85. The molecule has 0 spiro atoms. The average Bonchev–Trinajstić information content (AvgIpc) is 2.45. The number of rotatable bonds is 3. The molecule has 0 fully saturated rings. The molecule has 0 saturated heterocycles. The summed E-state index contributed by atoms with van der Waals surface area (Å²) in [4.78, 5) is 4.19. The van der Waals surface area contributed by atoms with Gasteiger partial charge in [-0.05, 0) is 29.8 Å². The summed E-state index contributed by atoms with van der Waals surface area (Å²) in [7, 11) is 0. The number of thioether (sulfide) groups is 1. The number of hydrogen-bond donors (Lipinski definition) is 0. The minimum absolute atomic E-state index is 0.610. The Labute approximate surface area is 110 Å². The van der Waals surface area contributed by atoms with Crippen LogP contribution in [0.4, 0.5) is 0 Å². The molecule has 0 N–H and O–H groups in total. The van der Waals surface area contributed by atoms with Crippen LogP contribution in [0.1, 0.15) is 16.7 Å². The van der Waals surface area contributed by atoms with E-state index in [1.807, 2.05) is 18.2 Å². The van der Waals surface area contributed by atoms with Gasteiger partial charge < -0.3 is 0 Å². The third-order valence-electron chi connectivity index (χ3n) is 2.31. The lowest BCUT2D eigenvalue weighted by Gasteiger charge is -2.02. The van der Waals surface area contributed by atoms with Crippen molar-refractivity contribution in [2.24, 2.45) is 0 Å². The summed E-state index contributed by atoms with van der Waals surface area (Å²) in [5.41, 5.74) is 2.34. The van der Waals surface area contributed by atoms with E-state index < -0.39 is 0 Å². The van der Waals surface area contributed by atoms with Crippen LogP contribution in [-0.2, 0) is 5.75 Å². The van der Waals surface area contributed by atoms with Crippen molar-refractivity contribution in [3.05, 3.63) is 59.3 Å². The van der Waals surface area contributed by atoms with Crippen molar-refractivity contribution >= 4 is 11.8 Å². The molecule has 1 heterocycles. The Hall–Kier alpha value is -2.30. The Morgan fingerprint density at radius 3 is 2.61 bits per heavy atom. The molecule has 0 unspecified atom stereocenters. The lowest BCUT2D eigenvalue weighted by molar-refractivity contribution is 1.12. The maximum Gasteiger partial charge on any atom is 0.0993 e. The van der Waals surface area contributed by atoms with Gasteiger partial charge in [-0.2, -0.15) is 10.5 Å². The van der Waals surface area contributed by atoms with Crippen LogP contribution >= 0.6 is 11.8 Å². The van der Waals surface area contributed by atoms with Crippen LogP contribution in [0.15, 0.2) is 47.6 Å². The molecular weight excluding hydrogens is 242 g/mol. The van der Waals surface area contributed by atoms with E-state index >= 15 is 0 Å². The van der Waals surface area contributed by atoms with Crippen LogP contribution in [0.3, 0.4) is 0 Å². The van der Waals surface area contributed by atoms with E-state index in [1.54, 1.807) is 36.2 Å². The molecule has 4 heteroatoms. The van der Waals surface area contributed by atoms with Gasteiger partial charge in [0.25, 0.3) is 0 Å². The van der Waals surface area contributed by atoms with Crippen LogP contribution in [-0.4, -0.2) is 4.98 Å². The Morgan fingerprint density at radius 1 is 1.06 bits per heavy atom. The second-order valence-corrected chi connectivity index (χ2v) is 4.59. The number of nitrogens with zero attached hydrogens (tertiary/aromatic N) is 3. The van der Waals surface area contributed by atoms with Crippen molar-refractivity contribution in [3.63, 3.8) is 0 Å². The van der Waals surface area contributed by atoms with Crippen molar-refractivity contribution < 1.29 is 0 Å². The number of pyridine rings is 1. The van der Waals surface area contributed by atoms with Crippen molar-refractivity contribution in [2.45, 2.75) is 10.8 Å². The quantitative estimate of drug-likeness (QED) is 0.786. The molecule has 0 atom stereocenters. The largest absolute Gasteiger partial charge is 0.250 e. The summed E-state index contributed by atoms with van der Waals surface area (Å²) in [6.45, 7) is 0. The van der Waals surface area contributed by atoms with Crippen molar-refractivity contribution in [1.82, 2.24) is 4.98 Å². The zero-order chi connectivity index (χ0) is 12.8. The van der Waals surface area contributed by atoms with Gasteiger partial charge in [0.05, 0.1) is 28.3 Å². The predicted octanol–water partition coefficient (Wildman–Crippen LogP) is 3.12. The van der Waals surface area contributed by atoms with Gasteiger partial charge in [-0.3, -0.25) is 0 Å². The summed E-state index contributed by atoms with van der Waals surface area (Å²) in [5.74, 6) is 0.734. The molecule has 0 radical (unpaired) electrons.